The number of piperazine rings is 1. The van der Waals surface area contributed by atoms with Gasteiger partial charge >= 0.3 is 0 Å². The summed E-state index contributed by atoms with van der Waals surface area (Å²) in [7, 11) is 0. The number of benzene rings is 1. The van der Waals surface area contributed by atoms with E-state index in [1.165, 1.54) is 11.3 Å². The summed E-state index contributed by atoms with van der Waals surface area (Å²) in [6.45, 7) is 11.3. The molecule has 4 nitrogen and oxygen atoms in total. The van der Waals surface area contributed by atoms with Crippen molar-refractivity contribution in [3.63, 3.8) is 0 Å². The van der Waals surface area contributed by atoms with Crippen molar-refractivity contribution >= 4 is 11.6 Å². The standard InChI is InChI=1S/C15H23N3O/c1-9-7-13(15(16)19)11(3)12(4)14(9)18-6-5-17-10(2)8-18/h7,10,17H,5-6,8H2,1-4H3,(H2,16,19). The Labute approximate surface area is 115 Å². The topological polar surface area (TPSA) is 58.4 Å². The Kier molecular flexibility index (Phi) is 3.80. The van der Waals surface area contributed by atoms with Crippen molar-refractivity contribution in [3.8, 4) is 0 Å². The first kappa shape index (κ1) is 13.9. The van der Waals surface area contributed by atoms with Crippen LogP contribution >= 0.6 is 0 Å². The molecule has 1 aromatic rings. The third-order valence-corrected chi connectivity index (χ3v) is 4.01. The molecule has 1 atom stereocenters. The molecule has 0 aromatic heterocycles. The lowest BCUT2D eigenvalue weighted by atomic mass is 9.95. The van der Waals surface area contributed by atoms with E-state index in [4.69, 9.17) is 5.73 Å². The number of primary amides is 1. The molecule has 0 bridgehead atoms. The molecule has 0 saturated carbocycles. The van der Waals surface area contributed by atoms with E-state index in [1.807, 2.05) is 13.0 Å². The first-order valence-electron chi connectivity index (χ1n) is 6.80. The van der Waals surface area contributed by atoms with Crippen LogP contribution in [-0.2, 0) is 0 Å². The van der Waals surface area contributed by atoms with Gasteiger partial charge in [-0.25, -0.2) is 0 Å². The number of amides is 1. The maximum absolute atomic E-state index is 11.5. The number of nitrogens with zero attached hydrogens (tertiary/aromatic N) is 1. The molecule has 0 aliphatic carbocycles. The fraction of sp³-hybridized carbons (Fsp3) is 0.533. The molecule has 1 aliphatic heterocycles. The van der Waals surface area contributed by atoms with Gasteiger partial charge in [-0.3, -0.25) is 4.79 Å². The number of aryl methyl sites for hydroxylation is 1. The van der Waals surface area contributed by atoms with Crippen LogP contribution in [0.25, 0.3) is 0 Å². The van der Waals surface area contributed by atoms with E-state index in [9.17, 15) is 4.79 Å². The minimum absolute atomic E-state index is 0.344. The Balaban J connectivity index is 2.46. The second-order valence-electron chi connectivity index (χ2n) is 5.51. The van der Waals surface area contributed by atoms with Crippen LogP contribution in [0.2, 0.25) is 0 Å². The molecule has 1 aromatic carbocycles. The molecule has 4 heteroatoms. The van der Waals surface area contributed by atoms with Crippen molar-refractivity contribution in [3.05, 3.63) is 28.3 Å². The summed E-state index contributed by atoms with van der Waals surface area (Å²) in [4.78, 5) is 13.9. The van der Waals surface area contributed by atoms with Crippen LogP contribution in [0.1, 0.15) is 34.0 Å². The maximum atomic E-state index is 11.5. The highest BCUT2D eigenvalue weighted by Gasteiger charge is 2.21. The lowest BCUT2D eigenvalue weighted by molar-refractivity contribution is 0.0999. The van der Waals surface area contributed by atoms with Gasteiger partial charge in [-0.15, -0.1) is 0 Å². The Bertz CT molecular complexity index is 511. The van der Waals surface area contributed by atoms with Crippen molar-refractivity contribution in [2.75, 3.05) is 24.5 Å². The zero-order valence-electron chi connectivity index (χ0n) is 12.2. The van der Waals surface area contributed by atoms with E-state index in [0.717, 1.165) is 30.8 Å². The van der Waals surface area contributed by atoms with Gasteiger partial charge in [-0.1, -0.05) is 0 Å². The smallest absolute Gasteiger partial charge is 0.248 e. The van der Waals surface area contributed by atoms with E-state index in [0.29, 0.717) is 11.6 Å². The number of nitrogens with one attached hydrogen (secondary N) is 1. The van der Waals surface area contributed by atoms with Crippen LogP contribution in [0.15, 0.2) is 6.07 Å². The molecule has 1 amide bonds. The number of anilines is 1. The first-order chi connectivity index (χ1) is 8.91. The Morgan fingerprint density at radius 2 is 2.05 bits per heavy atom. The molecule has 104 valence electrons. The van der Waals surface area contributed by atoms with E-state index in [2.05, 4.69) is 31.0 Å². The van der Waals surface area contributed by atoms with Crippen LogP contribution in [-0.4, -0.2) is 31.6 Å². The minimum atomic E-state index is -0.344. The zero-order chi connectivity index (χ0) is 14.2. The van der Waals surface area contributed by atoms with Gasteiger partial charge in [0.15, 0.2) is 0 Å². The fourth-order valence-corrected chi connectivity index (χ4v) is 2.95. The summed E-state index contributed by atoms with van der Waals surface area (Å²) in [6.07, 6.45) is 0. The molecular formula is C15H23N3O. The van der Waals surface area contributed by atoms with Crippen LogP contribution in [0, 0.1) is 20.8 Å². The van der Waals surface area contributed by atoms with E-state index in [1.54, 1.807) is 0 Å². The lowest BCUT2D eigenvalue weighted by Crippen LogP contribution is -2.49. The van der Waals surface area contributed by atoms with E-state index in [-0.39, 0.29) is 5.91 Å². The summed E-state index contributed by atoms with van der Waals surface area (Å²) >= 11 is 0. The van der Waals surface area contributed by atoms with Crippen LogP contribution in [0.5, 0.6) is 0 Å². The van der Waals surface area contributed by atoms with E-state index < -0.39 is 0 Å². The normalized spacial score (nSPS) is 19.6. The quantitative estimate of drug-likeness (QED) is 0.848. The highest BCUT2D eigenvalue weighted by molar-refractivity contribution is 5.95. The largest absolute Gasteiger partial charge is 0.368 e. The molecule has 1 aliphatic rings. The zero-order valence-corrected chi connectivity index (χ0v) is 12.2. The van der Waals surface area contributed by atoms with Gasteiger partial charge in [0.1, 0.15) is 0 Å². The number of carbonyl (C=O) groups is 1. The van der Waals surface area contributed by atoms with Crippen LogP contribution < -0.4 is 16.0 Å². The summed E-state index contributed by atoms with van der Waals surface area (Å²) in [6, 6.07) is 2.41. The van der Waals surface area contributed by atoms with E-state index >= 15 is 0 Å². The first-order valence-corrected chi connectivity index (χ1v) is 6.80. The number of carbonyl (C=O) groups excluding carboxylic acids is 1. The van der Waals surface area contributed by atoms with Crippen molar-refractivity contribution in [1.29, 1.82) is 0 Å². The predicted molar refractivity (Wildman–Crippen MR) is 78.8 cm³/mol. The molecule has 19 heavy (non-hydrogen) atoms. The Morgan fingerprint density at radius 1 is 1.37 bits per heavy atom. The molecule has 1 saturated heterocycles. The molecule has 1 heterocycles. The average Bonchev–Trinajstić information content (AvgIpc) is 2.33. The maximum Gasteiger partial charge on any atom is 0.248 e. The highest BCUT2D eigenvalue weighted by atomic mass is 16.1. The van der Waals surface area contributed by atoms with Gasteiger partial charge in [0, 0.05) is 36.9 Å². The summed E-state index contributed by atoms with van der Waals surface area (Å²) in [5.41, 5.74) is 10.6. The lowest BCUT2D eigenvalue weighted by Gasteiger charge is -2.36. The molecule has 2 rings (SSSR count). The second-order valence-corrected chi connectivity index (χ2v) is 5.51. The molecule has 1 fully saturated rings. The van der Waals surface area contributed by atoms with Crippen LogP contribution in [0.4, 0.5) is 5.69 Å². The number of hydrogen-bond acceptors (Lipinski definition) is 3. The monoisotopic (exact) mass is 261 g/mol. The summed E-state index contributed by atoms with van der Waals surface area (Å²) in [5.74, 6) is -0.344. The molecule has 1 unspecified atom stereocenters. The highest BCUT2D eigenvalue weighted by Crippen LogP contribution is 2.30. The molecule has 0 spiro atoms. The summed E-state index contributed by atoms with van der Waals surface area (Å²) in [5, 5.41) is 3.45. The van der Waals surface area contributed by atoms with Gasteiger partial charge in [-0.05, 0) is 50.5 Å². The Hall–Kier alpha value is -1.55. The molecule has 0 radical (unpaired) electrons. The van der Waals surface area contributed by atoms with Crippen molar-refractivity contribution in [2.45, 2.75) is 33.7 Å². The number of rotatable bonds is 2. The van der Waals surface area contributed by atoms with Crippen molar-refractivity contribution in [1.82, 2.24) is 5.32 Å². The third kappa shape index (κ3) is 2.59. The average molecular weight is 261 g/mol. The van der Waals surface area contributed by atoms with Gasteiger partial charge in [-0.2, -0.15) is 0 Å². The predicted octanol–water partition coefficient (Wildman–Crippen LogP) is 1.51. The number of nitrogens with two attached hydrogens (primary N) is 1. The van der Waals surface area contributed by atoms with Gasteiger partial charge < -0.3 is 16.0 Å². The van der Waals surface area contributed by atoms with Gasteiger partial charge in [0.2, 0.25) is 5.91 Å². The van der Waals surface area contributed by atoms with Gasteiger partial charge in [0.25, 0.3) is 0 Å². The minimum Gasteiger partial charge on any atom is -0.368 e. The SMILES string of the molecule is Cc1cc(C(N)=O)c(C)c(C)c1N1CCNC(C)C1. The second kappa shape index (κ2) is 5.21. The Morgan fingerprint density at radius 3 is 2.63 bits per heavy atom. The number of hydrogen-bond donors (Lipinski definition) is 2. The summed E-state index contributed by atoms with van der Waals surface area (Å²) < 4.78 is 0. The third-order valence-electron chi connectivity index (χ3n) is 4.01. The van der Waals surface area contributed by atoms with Crippen molar-refractivity contribution < 1.29 is 4.79 Å². The van der Waals surface area contributed by atoms with Crippen molar-refractivity contribution in [2.24, 2.45) is 5.73 Å². The fourth-order valence-electron chi connectivity index (χ4n) is 2.95. The van der Waals surface area contributed by atoms with Crippen LogP contribution in [0.3, 0.4) is 0 Å². The molecular weight excluding hydrogens is 238 g/mol. The molecule has 3 N–H and O–H groups in total. The van der Waals surface area contributed by atoms with Gasteiger partial charge in [0.05, 0.1) is 0 Å².